The average Bonchev–Trinajstić information content (AvgIpc) is 3.62. The minimum absolute atomic E-state index is 0.127. The number of aromatic nitrogens is 4. The summed E-state index contributed by atoms with van der Waals surface area (Å²) in [5.74, 6) is 3.13. The summed E-state index contributed by atoms with van der Waals surface area (Å²) in [6, 6.07) is 6.76. The molecule has 0 radical (unpaired) electrons. The Kier molecular flexibility index (Phi) is 8.43. The molecule has 1 aliphatic rings. The van der Waals surface area contributed by atoms with Gasteiger partial charge in [-0.05, 0) is 37.6 Å². The zero-order chi connectivity index (χ0) is 25.7. The molecule has 192 valence electrons. The molecule has 10 heteroatoms. The van der Waals surface area contributed by atoms with Crippen LogP contribution in [0.3, 0.4) is 0 Å². The van der Waals surface area contributed by atoms with Crippen molar-refractivity contribution in [1.82, 2.24) is 19.9 Å². The van der Waals surface area contributed by atoms with E-state index >= 15 is 0 Å². The number of hydrogen-bond acceptors (Lipinski definition) is 8. The molecule has 2 atom stereocenters. The van der Waals surface area contributed by atoms with Crippen LogP contribution in [0.1, 0.15) is 23.9 Å². The molecule has 0 bridgehead atoms. The highest BCUT2D eigenvalue weighted by atomic mass is 35.5. The van der Waals surface area contributed by atoms with Crippen LogP contribution >= 0.6 is 11.6 Å². The quantitative estimate of drug-likeness (QED) is 0.126. The number of methoxy groups -OCH3 is 1. The van der Waals surface area contributed by atoms with Crippen LogP contribution in [0.15, 0.2) is 36.8 Å². The molecule has 0 N–H and O–H groups in total. The number of aryl methyl sites for hydroxylation is 1. The Morgan fingerprint density at radius 3 is 2.58 bits per heavy atom. The first kappa shape index (κ1) is 26.3. The molecule has 3 aromatic rings. The molecular formula is C26H33ClN4O4Si. The Morgan fingerprint density at radius 1 is 1.03 bits per heavy atom. The maximum atomic E-state index is 6.24. The van der Waals surface area contributed by atoms with Gasteiger partial charge in [-0.25, -0.2) is 9.97 Å². The normalized spacial score (nSPS) is 17.1. The summed E-state index contributed by atoms with van der Waals surface area (Å²) in [4.78, 5) is 17.7. The number of ether oxygens (including phenoxy) is 4. The van der Waals surface area contributed by atoms with Crippen molar-refractivity contribution in [1.29, 1.82) is 0 Å². The van der Waals surface area contributed by atoms with Crippen LogP contribution in [0.2, 0.25) is 30.8 Å². The number of halogens is 1. The topological polar surface area (TPSA) is 88.5 Å². The van der Waals surface area contributed by atoms with Crippen LogP contribution in [0.4, 0.5) is 0 Å². The van der Waals surface area contributed by atoms with Gasteiger partial charge in [-0.2, -0.15) is 4.98 Å². The number of hydrogen-bond donors (Lipinski definition) is 0. The van der Waals surface area contributed by atoms with E-state index < -0.39 is 8.07 Å². The molecule has 0 aromatic carbocycles. The first-order valence-electron chi connectivity index (χ1n) is 12.1. The van der Waals surface area contributed by atoms with Gasteiger partial charge < -0.3 is 18.9 Å². The van der Waals surface area contributed by atoms with Crippen molar-refractivity contribution in [3.63, 3.8) is 0 Å². The second-order valence-corrected chi connectivity index (χ2v) is 16.2. The first-order chi connectivity index (χ1) is 17.2. The summed E-state index contributed by atoms with van der Waals surface area (Å²) in [5, 5.41) is 0.344. The predicted molar refractivity (Wildman–Crippen MR) is 142 cm³/mol. The van der Waals surface area contributed by atoms with E-state index in [0.29, 0.717) is 58.8 Å². The summed E-state index contributed by atoms with van der Waals surface area (Å²) in [5.41, 5.74) is 2.46. The maximum Gasteiger partial charge on any atom is 0.224 e. The molecule has 36 heavy (non-hydrogen) atoms. The van der Waals surface area contributed by atoms with Crippen molar-refractivity contribution in [3.05, 3.63) is 53.5 Å². The zero-order valence-corrected chi connectivity index (χ0v) is 23.2. The molecular weight excluding hydrogens is 496 g/mol. The van der Waals surface area contributed by atoms with Crippen molar-refractivity contribution < 1.29 is 18.9 Å². The minimum atomic E-state index is -1.17. The second kappa shape index (κ2) is 11.5. The van der Waals surface area contributed by atoms with Gasteiger partial charge in [0.15, 0.2) is 6.79 Å². The molecule has 2 unspecified atom stereocenters. The van der Waals surface area contributed by atoms with Gasteiger partial charge in [0, 0.05) is 44.0 Å². The van der Waals surface area contributed by atoms with Gasteiger partial charge in [-0.1, -0.05) is 31.2 Å². The van der Waals surface area contributed by atoms with Crippen molar-refractivity contribution >= 4 is 19.7 Å². The first-order valence-corrected chi connectivity index (χ1v) is 16.1. The molecule has 0 spiro atoms. The Morgan fingerprint density at radius 2 is 1.86 bits per heavy atom. The monoisotopic (exact) mass is 528 g/mol. The van der Waals surface area contributed by atoms with E-state index in [-0.39, 0.29) is 6.79 Å². The van der Waals surface area contributed by atoms with Gasteiger partial charge in [-0.3, -0.25) is 4.98 Å². The van der Waals surface area contributed by atoms with E-state index in [0.717, 1.165) is 23.9 Å². The van der Waals surface area contributed by atoms with E-state index in [1.165, 1.54) is 0 Å². The molecule has 0 saturated heterocycles. The molecule has 1 saturated carbocycles. The van der Waals surface area contributed by atoms with E-state index in [2.05, 4.69) is 39.6 Å². The van der Waals surface area contributed by atoms with Gasteiger partial charge in [0.05, 0.1) is 31.7 Å². The summed E-state index contributed by atoms with van der Waals surface area (Å²) < 4.78 is 23.1. The lowest BCUT2D eigenvalue weighted by Gasteiger charge is -2.17. The summed E-state index contributed by atoms with van der Waals surface area (Å²) in [6.45, 7) is 10.1. The molecule has 3 aromatic heterocycles. The highest BCUT2D eigenvalue weighted by Crippen LogP contribution is 2.47. The maximum absolute atomic E-state index is 6.24. The van der Waals surface area contributed by atoms with Crippen LogP contribution < -0.4 is 14.2 Å². The number of rotatable bonds is 12. The van der Waals surface area contributed by atoms with Gasteiger partial charge in [0.25, 0.3) is 0 Å². The Hall–Kier alpha value is -2.75. The fourth-order valence-corrected chi connectivity index (χ4v) is 4.66. The van der Waals surface area contributed by atoms with E-state index in [1.54, 1.807) is 31.8 Å². The third-order valence-corrected chi connectivity index (χ3v) is 7.93. The molecule has 3 heterocycles. The van der Waals surface area contributed by atoms with Crippen molar-refractivity contribution in [2.75, 3.05) is 27.1 Å². The fourth-order valence-electron chi connectivity index (χ4n) is 3.74. The van der Waals surface area contributed by atoms with Crippen molar-refractivity contribution in [2.45, 2.75) is 44.9 Å². The van der Waals surface area contributed by atoms with Gasteiger partial charge in [0.2, 0.25) is 5.88 Å². The van der Waals surface area contributed by atoms with Crippen LogP contribution in [0.5, 0.6) is 17.4 Å². The average molecular weight is 529 g/mol. The lowest BCUT2D eigenvalue weighted by atomic mass is 10.1. The highest BCUT2D eigenvalue weighted by Gasteiger charge is 2.40. The molecule has 1 fully saturated rings. The number of nitrogens with zero attached hydrogens (tertiary/aromatic N) is 4. The summed E-state index contributed by atoms with van der Waals surface area (Å²) in [7, 11) is 0.471. The summed E-state index contributed by atoms with van der Waals surface area (Å²) in [6.07, 6.45) is 6.09. The van der Waals surface area contributed by atoms with E-state index in [1.807, 2.05) is 19.1 Å². The molecule has 8 nitrogen and oxygen atoms in total. The molecule has 4 rings (SSSR count). The van der Waals surface area contributed by atoms with Crippen LogP contribution in [-0.4, -0.2) is 55.1 Å². The fraction of sp³-hybridized carbons (Fsp3) is 0.462. The second-order valence-electron chi connectivity index (χ2n) is 10.2. The van der Waals surface area contributed by atoms with Crippen LogP contribution in [0.25, 0.3) is 11.1 Å². The number of pyridine rings is 2. The van der Waals surface area contributed by atoms with Gasteiger partial charge >= 0.3 is 0 Å². The highest BCUT2D eigenvalue weighted by molar-refractivity contribution is 6.76. The SMILES string of the molecule is COc1ccc(C2CC2COc2nc(C)ncc2-c2cc(Cl)ncc2OCOCC[Si](C)(C)C)nc1. The lowest BCUT2D eigenvalue weighted by Crippen LogP contribution is -2.22. The smallest absolute Gasteiger partial charge is 0.224 e. The molecule has 0 aliphatic heterocycles. The largest absolute Gasteiger partial charge is 0.495 e. The Bertz CT molecular complexity index is 1170. The van der Waals surface area contributed by atoms with Crippen molar-refractivity contribution in [3.8, 4) is 28.5 Å². The predicted octanol–water partition coefficient (Wildman–Crippen LogP) is 5.78. The van der Waals surface area contributed by atoms with E-state index in [9.17, 15) is 0 Å². The Labute approximate surface area is 218 Å². The molecule has 0 amide bonds. The lowest BCUT2D eigenvalue weighted by molar-refractivity contribution is 0.0222. The molecule has 1 aliphatic carbocycles. The van der Waals surface area contributed by atoms with Crippen LogP contribution in [-0.2, 0) is 4.74 Å². The Balaban J connectivity index is 1.44. The summed E-state index contributed by atoms with van der Waals surface area (Å²) >= 11 is 6.24. The van der Waals surface area contributed by atoms with Crippen molar-refractivity contribution in [2.24, 2.45) is 5.92 Å². The van der Waals surface area contributed by atoms with Gasteiger partial charge in [0.1, 0.15) is 22.5 Å². The standard InChI is InChI=1S/C26H33ClN4O4Si/c1-17-28-13-22(21-11-25(27)30-14-24(21)35-16-33-8-9-36(3,4)5)26(31-17)34-15-18-10-20(18)23-7-6-19(32-2)12-29-23/h6-7,11-14,18,20H,8-10,15-16H2,1-5H3. The third kappa shape index (κ3) is 7.15. The van der Waals surface area contributed by atoms with Crippen LogP contribution in [0, 0.1) is 12.8 Å². The zero-order valence-electron chi connectivity index (χ0n) is 21.5. The van der Waals surface area contributed by atoms with E-state index in [4.69, 9.17) is 30.5 Å². The minimum Gasteiger partial charge on any atom is -0.495 e. The van der Waals surface area contributed by atoms with Gasteiger partial charge in [-0.15, -0.1) is 0 Å². The third-order valence-electron chi connectivity index (χ3n) is 6.02.